The second-order valence-electron chi connectivity index (χ2n) is 2.65. The van der Waals surface area contributed by atoms with Crippen LogP contribution in [0.3, 0.4) is 0 Å². The first-order valence-electron chi connectivity index (χ1n) is 3.24. The van der Waals surface area contributed by atoms with Gasteiger partial charge in [0.1, 0.15) is 6.67 Å². The van der Waals surface area contributed by atoms with Gasteiger partial charge in [0.05, 0.1) is 20.0 Å². The predicted molar refractivity (Wildman–Crippen MR) is 34.0 cm³/mol. The summed E-state index contributed by atoms with van der Waals surface area (Å²) in [7, 11) is 2.04. The smallest absolute Gasteiger partial charge is 0.259 e. The molecule has 1 aliphatic heterocycles. The van der Waals surface area contributed by atoms with E-state index in [-0.39, 0.29) is 5.91 Å². The lowest BCUT2D eigenvalue weighted by molar-refractivity contribution is -0.810. The van der Waals surface area contributed by atoms with Crippen LogP contribution in [0.5, 0.6) is 0 Å². The molecule has 0 aromatic carbocycles. The number of hydrogen-bond donors (Lipinski definition) is 1. The number of carbonyl (C=O) groups excluding carboxylic acids is 1. The van der Waals surface area contributed by atoms with Crippen LogP contribution in [-0.4, -0.2) is 37.6 Å². The third-order valence-electron chi connectivity index (χ3n) is 1.75. The molecular formula is C6H13N2O+. The number of nitrogens with one attached hydrogen (secondary N) is 1. The summed E-state index contributed by atoms with van der Waals surface area (Å²) in [5.41, 5.74) is 0. The Balaban J connectivity index is 2.39. The summed E-state index contributed by atoms with van der Waals surface area (Å²) < 4.78 is 0. The first-order chi connectivity index (χ1) is 4.20. The van der Waals surface area contributed by atoms with E-state index in [1.165, 1.54) is 0 Å². The third-order valence-corrected chi connectivity index (χ3v) is 1.75. The molecule has 52 valence electrons. The number of rotatable bonds is 0. The van der Waals surface area contributed by atoms with Gasteiger partial charge in [-0.05, 0) is 7.05 Å². The number of quaternary nitrogens is 1. The molecule has 1 amide bonds. The summed E-state index contributed by atoms with van der Waals surface area (Å²) in [6.45, 7) is 4.56. The van der Waals surface area contributed by atoms with Crippen molar-refractivity contribution < 1.29 is 9.69 Å². The van der Waals surface area contributed by atoms with Crippen molar-refractivity contribution >= 4 is 5.91 Å². The molecule has 1 fully saturated rings. The second kappa shape index (κ2) is 2.45. The standard InChI is InChI=1S/C6H12N2O/c1-6(9)8-4-3-7(2)5-8/h3-5H2,1-2H3/p+1. The molecule has 1 rings (SSSR count). The van der Waals surface area contributed by atoms with E-state index in [9.17, 15) is 4.79 Å². The molecule has 1 aliphatic rings. The van der Waals surface area contributed by atoms with Crippen molar-refractivity contribution in [3.63, 3.8) is 0 Å². The highest BCUT2D eigenvalue weighted by atomic mass is 16.2. The molecule has 0 radical (unpaired) electrons. The second-order valence-corrected chi connectivity index (χ2v) is 2.65. The largest absolute Gasteiger partial charge is 0.310 e. The van der Waals surface area contributed by atoms with Gasteiger partial charge in [-0.3, -0.25) is 9.80 Å². The number of nitrogens with zero attached hydrogens (tertiary/aromatic N) is 1. The number of hydrogen-bond acceptors (Lipinski definition) is 2. The van der Waals surface area contributed by atoms with E-state index in [0.29, 0.717) is 0 Å². The van der Waals surface area contributed by atoms with Crippen molar-refractivity contribution in [2.24, 2.45) is 0 Å². The van der Waals surface area contributed by atoms with Crippen molar-refractivity contribution in [1.29, 1.82) is 0 Å². The zero-order chi connectivity index (χ0) is 6.85. The Kier molecular flexibility index (Phi) is 1.83. The van der Waals surface area contributed by atoms with Crippen molar-refractivity contribution in [1.82, 2.24) is 4.90 Å². The Hall–Kier alpha value is -0.410. The molecule has 3 nitrogen and oxygen atoms in total. The molecule has 0 spiro atoms. The fourth-order valence-corrected chi connectivity index (χ4v) is 1.10. The zero-order valence-electron chi connectivity index (χ0n) is 5.98. The van der Waals surface area contributed by atoms with Gasteiger partial charge in [-0.2, -0.15) is 0 Å². The average molecular weight is 129 g/mol. The maximum absolute atomic E-state index is 10.7. The van der Waals surface area contributed by atoms with Gasteiger partial charge in [-0.15, -0.1) is 0 Å². The average Bonchev–Trinajstić information content (AvgIpc) is 2.14. The van der Waals surface area contributed by atoms with E-state index in [1.54, 1.807) is 6.92 Å². The maximum atomic E-state index is 10.7. The van der Waals surface area contributed by atoms with Crippen molar-refractivity contribution in [2.45, 2.75) is 6.92 Å². The number of amides is 1. The van der Waals surface area contributed by atoms with Gasteiger partial charge in [0, 0.05) is 0 Å². The summed E-state index contributed by atoms with van der Waals surface area (Å²) >= 11 is 0. The maximum Gasteiger partial charge on any atom is 0.310 e. The topological polar surface area (TPSA) is 24.8 Å². The van der Waals surface area contributed by atoms with Crippen LogP contribution in [0.1, 0.15) is 6.92 Å². The highest BCUT2D eigenvalue weighted by Gasteiger charge is 2.23. The van der Waals surface area contributed by atoms with Gasteiger partial charge in [0.15, 0.2) is 0 Å². The minimum Gasteiger partial charge on any atom is -0.259 e. The van der Waals surface area contributed by atoms with Crippen molar-refractivity contribution in [3.8, 4) is 0 Å². The van der Waals surface area contributed by atoms with Crippen molar-refractivity contribution in [3.05, 3.63) is 0 Å². The lowest BCUT2D eigenvalue weighted by atomic mass is 10.5. The predicted octanol–water partition coefficient (Wildman–Crippen LogP) is -1.68. The van der Waals surface area contributed by atoms with E-state index in [2.05, 4.69) is 4.90 Å². The molecule has 3 heteroatoms. The molecule has 1 saturated heterocycles. The highest BCUT2D eigenvalue weighted by Crippen LogP contribution is 1.79. The Morgan fingerprint density at radius 3 is 2.56 bits per heavy atom. The van der Waals surface area contributed by atoms with E-state index >= 15 is 0 Å². The molecule has 1 atom stereocenters. The van der Waals surface area contributed by atoms with Crippen LogP contribution in [0.2, 0.25) is 0 Å². The molecule has 1 N–H and O–H groups in total. The van der Waals surface area contributed by atoms with Gasteiger partial charge < -0.3 is 0 Å². The number of likely N-dealkylation sites (N-methyl/N-ethyl adjacent to an activating group) is 1. The quantitative estimate of drug-likeness (QED) is 0.422. The molecule has 1 unspecified atom stereocenters. The normalized spacial score (nSPS) is 28.9. The van der Waals surface area contributed by atoms with Gasteiger partial charge in [0.2, 0.25) is 0 Å². The summed E-state index contributed by atoms with van der Waals surface area (Å²) in [5.74, 6) is 0.263. The van der Waals surface area contributed by atoms with Crippen LogP contribution in [0.4, 0.5) is 0 Å². The Bertz CT molecular complexity index is 124. The van der Waals surface area contributed by atoms with Crippen LogP contribution in [0.15, 0.2) is 0 Å². The summed E-state index contributed by atoms with van der Waals surface area (Å²) in [4.78, 5) is 14.0. The summed E-state index contributed by atoms with van der Waals surface area (Å²) in [6.07, 6.45) is 0. The fraction of sp³-hybridized carbons (Fsp3) is 0.833. The first-order valence-corrected chi connectivity index (χ1v) is 3.24. The van der Waals surface area contributed by atoms with Crippen LogP contribution in [0.25, 0.3) is 0 Å². The van der Waals surface area contributed by atoms with Crippen LogP contribution in [-0.2, 0) is 4.79 Å². The van der Waals surface area contributed by atoms with E-state index in [0.717, 1.165) is 24.7 Å². The van der Waals surface area contributed by atoms with Crippen LogP contribution >= 0.6 is 0 Å². The Morgan fingerprint density at radius 1 is 1.67 bits per heavy atom. The molecule has 9 heavy (non-hydrogen) atoms. The van der Waals surface area contributed by atoms with Gasteiger partial charge in [-0.25, -0.2) is 4.79 Å². The summed E-state index contributed by atoms with van der Waals surface area (Å²) in [6, 6.07) is 0. The third kappa shape index (κ3) is 1.50. The molecule has 0 aromatic heterocycles. The molecule has 0 saturated carbocycles. The minimum absolute atomic E-state index is 0.263. The minimum atomic E-state index is 0.263. The number of carbonyl (C=O) groups is 1. The Labute approximate surface area is 55.2 Å². The fourth-order valence-electron chi connectivity index (χ4n) is 1.10. The summed E-state index contributed by atoms with van der Waals surface area (Å²) in [5, 5.41) is 0. The van der Waals surface area contributed by atoms with Gasteiger partial charge in [-0.1, -0.05) is 0 Å². The van der Waals surface area contributed by atoms with Gasteiger partial charge in [0.25, 0.3) is 0 Å². The SMILES string of the molecule is CC(=O)[NH+]1CCN(C)C1. The Morgan fingerprint density at radius 2 is 2.33 bits per heavy atom. The van der Waals surface area contributed by atoms with Crippen molar-refractivity contribution in [2.75, 3.05) is 26.8 Å². The molecule has 0 aliphatic carbocycles. The molecular weight excluding hydrogens is 116 g/mol. The van der Waals surface area contributed by atoms with E-state index < -0.39 is 0 Å². The zero-order valence-corrected chi connectivity index (χ0v) is 5.98. The molecule has 1 heterocycles. The van der Waals surface area contributed by atoms with E-state index in [1.807, 2.05) is 7.05 Å². The lowest BCUT2D eigenvalue weighted by Crippen LogP contribution is -3.13. The molecule has 0 bridgehead atoms. The van der Waals surface area contributed by atoms with Crippen LogP contribution in [0, 0.1) is 0 Å². The van der Waals surface area contributed by atoms with Crippen LogP contribution < -0.4 is 4.90 Å². The monoisotopic (exact) mass is 129 g/mol. The van der Waals surface area contributed by atoms with E-state index in [4.69, 9.17) is 0 Å². The lowest BCUT2D eigenvalue weighted by Gasteiger charge is -2.05. The first kappa shape index (κ1) is 6.71. The highest BCUT2D eigenvalue weighted by molar-refractivity contribution is 5.63. The van der Waals surface area contributed by atoms with Gasteiger partial charge >= 0.3 is 5.91 Å². The molecule has 0 aromatic rings.